The number of hydrogen-bond donors (Lipinski definition) is 1. The van der Waals surface area contributed by atoms with Crippen LogP contribution < -0.4 is 5.14 Å². The van der Waals surface area contributed by atoms with Gasteiger partial charge in [0, 0.05) is 0 Å². The highest BCUT2D eigenvalue weighted by molar-refractivity contribution is 7.89. The molecule has 5 nitrogen and oxygen atoms in total. The first kappa shape index (κ1) is 12.7. The number of sulfonamides is 1. The molecule has 6 heteroatoms. The monoisotopic (exact) mass is 243 g/mol. The van der Waals surface area contributed by atoms with E-state index in [1.807, 2.05) is 6.92 Å². The molecule has 0 amide bonds. The molecule has 88 valence electrons. The second-order valence-corrected chi connectivity index (χ2v) is 4.77. The summed E-state index contributed by atoms with van der Waals surface area (Å²) in [5.74, 6) is -0.567. The zero-order valence-electron chi connectivity index (χ0n) is 9.06. The highest BCUT2D eigenvalue weighted by Crippen LogP contribution is 2.16. The van der Waals surface area contributed by atoms with Gasteiger partial charge in [0.05, 0.1) is 17.6 Å². The van der Waals surface area contributed by atoms with Crippen LogP contribution in [0.1, 0.15) is 22.8 Å². The molecule has 0 fully saturated rings. The number of benzene rings is 1. The summed E-state index contributed by atoms with van der Waals surface area (Å²) < 4.78 is 26.8. The maximum absolute atomic E-state index is 11.4. The molecular weight excluding hydrogens is 230 g/mol. The van der Waals surface area contributed by atoms with Crippen molar-refractivity contribution in [3.63, 3.8) is 0 Å². The molecule has 0 bridgehead atoms. The second-order valence-electron chi connectivity index (χ2n) is 3.21. The van der Waals surface area contributed by atoms with E-state index in [-0.39, 0.29) is 10.5 Å². The van der Waals surface area contributed by atoms with E-state index in [2.05, 4.69) is 4.74 Å². The van der Waals surface area contributed by atoms with Crippen molar-refractivity contribution in [1.29, 1.82) is 0 Å². The second kappa shape index (κ2) is 4.63. The Balaban J connectivity index is 3.38. The first-order chi connectivity index (χ1) is 7.40. The lowest BCUT2D eigenvalue weighted by Crippen LogP contribution is -2.14. The Hall–Kier alpha value is -1.40. The first-order valence-corrected chi connectivity index (χ1v) is 6.18. The Bertz CT molecular complexity index is 508. The molecule has 16 heavy (non-hydrogen) atoms. The zero-order valence-corrected chi connectivity index (χ0v) is 9.87. The van der Waals surface area contributed by atoms with Crippen LogP contribution in [-0.4, -0.2) is 21.5 Å². The van der Waals surface area contributed by atoms with Crippen molar-refractivity contribution in [3.8, 4) is 0 Å². The first-order valence-electron chi connectivity index (χ1n) is 4.64. The van der Waals surface area contributed by atoms with Gasteiger partial charge in [0.1, 0.15) is 0 Å². The number of carbonyl (C=O) groups excluding carboxylic acids is 1. The predicted octanol–water partition coefficient (Wildman–Crippen LogP) is 0.683. The summed E-state index contributed by atoms with van der Waals surface area (Å²) in [6.07, 6.45) is 0.606. The smallest absolute Gasteiger partial charge is 0.338 e. The summed E-state index contributed by atoms with van der Waals surface area (Å²) in [7, 11) is -2.56. The molecule has 0 aromatic heterocycles. The standard InChI is InChI=1S/C10H13NO4S/c1-3-7-4-5-8(16(11,13)14)6-9(7)10(12)15-2/h4-6H,3H2,1-2H3,(H2,11,13,14). The number of nitrogens with two attached hydrogens (primary N) is 1. The van der Waals surface area contributed by atoms with Crippen molar-refractivity contribution in [3.05, 3.63) is 29.3 Å². The van der Waals surface area contributed by atoms with Gasteiger partial charge in [-0.2, -0.15) is 0 Å². The van der Waals surface area contributed by atoms with Crippen molar-refractivity contribution >= 4 is 16.0 Å². The van der Waals surface area contributed by atoms with Crippen LogP contribution in [0.5, 0.6) is 0 Å². The minimum atomic E-state index is -3.80. The molecule has 1 rings (SSSR count). The van der Waals surface area contributed by atoms with Crippen LogP contribution in [0.2, 0.25) is 0 Å². The van der Waals surface area contributed by atoms with Crippen LogP contribution in [0.15, 0.2) is 23.1 Å². The molecule has 0 aliphatic rings. The fourth-order valence-electron chi connectivity index (χ4n) is 1.34. The van der Waals surface area contributed by atoms with Gasteiger partial charge in [-0.25, -0.2) is 18.4 Å². The SMILES string of the molecule is CCc1ccc(S(N)(=O)=O)cc1C(=O)OC. The molecular formula is C10H13NO4S. The van der Waals surface area contributed by atoms with Gasteiger partial charge in [-0.05, 0) is 24.1 Å². The van der Waals surface area contributed by atoms with Crippen LogP contribution in [0.3, 0.4) is 0 Å². The van der Waals surface area contributed by atoms with Gasteiger partial charge in [-0.1, -0.05) is 13.0 Å². The Kier molecular flexibility index (Phi) is 3.66. The van der Waals surface area contributed by atoms with E-state index in [0.29, 0.717) is 6.42 Å². The number of rotatable bonds is 3. The molecule has 0 aliphatic carbocycles. The molecule has 0 radical (unpaired) electrons. The molecule has 1 aromatic carbocycles. The Morgan fingerprint density at radius 2 is 2.06 bits per heavy atom. The molecule has 0 spiro atoms. The molecule has 0 atom stereocenters. The van der Waals surface area contributed by atoms with E-state index in [4.69, 9.17) is 5.14 Å². The normalized spacial score (nSPS) is 11.2. The van der Waals surface area contributed by atoms with Gasteiger partial charge in [0.2, 0.25) is 10.0 Å². The van der Waals surface area contributed by atoms with E-state index < -0.39 is 16.0 Å². The van der Waals surface area contributed by atoms with Crippen molar-refractivity contribution in [2.45, 2.75) is 18.2 Å². The molecule has 0 heterocycles. The average molecular weight is 243 g/mol. The fourth-order valence-corrected chi connectivity index (χ4v) is 1.88. The molecule has 0 aliphatic heterocycles. The molecule has 0 unspecified atom stereocenters. The Morgan fingerprint density at radius 1 is 1.44 bits per heavy atom. The van der Waals surface area contributed by atoms with Gasteiger partial charge in [-0.3, -0.25) is 0 Å². The van der Waals surface area contributed by atoms with Crippen molar-refractivity contribution < 1.29 is 17.9 Å². The van der Waals surface area contributed by atoms with E-state index in [1.165, 1.54) is 19.2 Å². The largest absolute Gasteiger partial charge is 0.465 e. The third-order valence-electron chi connectivity index (χ3n) is 2.20. The van der Waals surface area contributed by atoms with Crippen LogP contribution in [-0.2, 0) is 21.2 Å². The number of aryl methyl sites for hydroxylation is 1. The molecule has 2 N–H and O–H groups in total. The third kappa shape index (κ3) is 2.59. The summed E-state index contributed by atoms with van der Waals surface area (Å²) in [5, 5.41) is 4.98. The van der Waals surface area contributed by atoms with Gasteiger partial charge in [-0.15, -0.1) is 0 Å². The van der Waals surface area contributed by atoms with E-state index >= 15 is 0 Å². The van der Waals surface area contributed by atoms with E-state index in [9.17, 15) is 13.2 Å². The number of carbonyl (C=O) groups is 1. The van der Waals surface area contributed by atoms with Crippen LogP contribution >= 0.6 is 0 Å². The highest BCUT2D eigenvalue weighted by atomic mass is 32.2. The molecule has 0 saturated heterocycles. The van der Waals surface area contributed by atoms with Gasteiger partial charge in [0.25, 0.3) is 0 Å². The van der Waals surface area contributed by atoms with Crippen molar-refractivity contribution in [2.75, 3.05) is 7.11 Å². The minimum absolute atomic E-state index is 0.0925. The summed E-state index contributed by atoms with van der Waals surface area (Å²) in [6.45, 7) is 1.86. The number of ether oxygens (including phenoxy) is 1. The average Bonchev–Trinajstić information content (AvgIpc) is 2.25. The number of hydrogen-bond acceptors (Lipinski definition) is 4. The quantitative estimate of drug-likeness (QED) is 0.791. The zero-order chi connectivity index (χ0) is 12.3. The van der Waals surface area contributed by atoms with Gasteiger partial charge < -0.3 is 4.74 Å². The van der Waals surface area contributed by atoms with E-state index in [1.54, 1.807) is 6.07 Å². The van der Waals surface area contributed by atoms with Crippen molar-refractivity contribution in [1.82, 2.24) is 0 Å². The summed E-state index contributed by atoms with van der Waals surface area (Å²) >= 11 is 0. The third-order valence-corrected chi connectivity index (χ3v) is 3.11. The van der Waals surface area contributed by atoms with Gasteiger partial charge >= 0.3 is 5.97 Å². The Labute approximate surface area is 94.3 Å². The lowest BCUT2D eigenvalue weighted by Gasteiger charge is -2.07. The summed E-state index contributed by atoms with van der Waals surface area (Å²) in [4.78, 5) is 11.3. The summed E-state index contributed by atoms with van der Waals surface area (Å²) in [6, 6.07) is 4.17. The Morgan fingerprint density at radius 3 is 2.50 bits per heavy atom. The molecule has 0 saturated carbocycles. The lowest BCUT2D eigenvalue weighted by atomic mass is 10.1. The van der Waals surface area contributed by atoms with Crippen LogP contribution in [0, 0.1) is 0 Å². The van der Waals surface area contributed by atoms with Crippen LogP contribution in [0.4, 0.5) is 0 Å². The fraction of sp³-hybridized carbons (Fsp3) is 0.300. The predicted molar refractivity (Wildman–Crippen MR) is 58.5 cm³/mol. The maximum atomic E-state index is 11.4. The number of esters is 1. The van der Waals surface area contributed by atoms with Crippen LogP contribution in [0.25, 0.3) is 0 Å². The topological polar surface area (TPSA) is 86.5 Å². The highest BCUT2D eigenvalue weighted by Gasteiger charge is 2.15. The number of methoxy groups -OCH3 is 1. The number of primary sulfonamides is 1. The maximum Gasteiger partial charge on any atom is 0.338 e. The lowest BCUT2D eigenvalue weighted by molar-refractivity contribution is 0.0599. The molecule has 1 aromatic rings. The van der Waals surface area contributed by atoms with Crippen molar-refractivity contribution in [2.24, 2.45) is 5.14 Å². The van der Waals surface area contributed by atoms with Gasteiger partial charge in [0.15, 0.2) is 0 Å². The minimum Gasteiger partial charge on any atom is -0.465 e. The van der Waals surface area contributed by atoms with E-state index in [0.717, 1.165) is 5.56 Å². The summed E-state index contributed by atoms with van der Waals surface area (Å²) in [5.41, 5.74) is 0.954.